The Labute approximate surface area is 333 Å². The molecule has 13 heteroatoms. The lowest BCUT2D eigenvalue weighted by Gasteiger charge is -2.23. The van der Waals surface area contributed by atoms with E-state index in [9.17, 15) is 0 Å². The molecule has 0 amide bonds. The van der Waals surface area contributed by atoms with Crippen LogP contribution in [0.2, 0.25) is 0 Å². The van der Waals surface area contributed by atoms with Crippen LogP contribution in [0, 0.1) is 0 Å². The molecule has 0 aromatic heterocycles. The number of hydrogen-bond donors (Lipinski definition) is 1. The topological polar surface area (TPSA) is 131 Å². The highest BCUT2D eigenvalue weighted by Gasteiger charge is 2.16. The van der Waals surface area contributed by atoms with Crippen LogP contribution in [0.1, 0.15) is 83.1 Å². The van der Waals surface area contributed by atoms with Gasteiger partial charge in [0.15, 0.2) is 0 Å². The van der Waals surface area contributed by atoms with E-state index in [1.165, 1.54) is 0 Å². The van der Waals surface area contributed by atoms with Crippen LogP contribution in [0.25, 0.3) is 0 Å². The van der Waals surface area contributed by atoms with Crippen molar-refractivity contribution in [2.45, 2.75) is 156 Å². The van der Waals surface area contributed by atoms with Crippen molar-refractivity contribution in [3.05, 3.63) is 30.3 Å². The van der Waals surface area contributed by atoms with Gasteiger partial charge in [-0.05, 0) is 95.2 Å². The molecule has 0 heterocycles. The first-order valence-electron chi connectivity index (χ1n) is 20.3. The van der Waals surface area contributed by atoms with Gasteiger partial charge < -0.3 is 61.9 Å². The fraction of sp³-hybridized carbons (Fsp3) is 0.857. The molecule has 0 radical (unpaired) electrons. The van der Waals surface area contributed by atoms with Crippen molar-refractivity contribution in [3.63, 3.8) is 0 Å². The third-order valence-electron chi connectivity index (χ3n) is 8.11. The first-order chi connectivity index (χ1) is 26.2. The van der Waals surface area contributed by atoms with E-state index in [0.29, 0.717) is 72.7 Å². The average Bonchev–Trinajstić information content (AvgIpc) is 3.17. The predicted molar refractivity (Wildman–Crippen MR) is 213 cm³/mol. The maximum absolute atomic E-state index is 9.05. The van der Waals surface area contributed by atoms with Crippen molar-refractivity contribution in [2.75, 3.05) is 79.3 Å². The monoisotopic (exact) mass is 791 g/mol. The second-order valence-electron chi connectivity index (χ2n) is 15.0. The number of aliphatic hydroxyl groups is 1. The quantitative estimate of drug-likeness (QED) is 0.0867. The molecule has 0 spiro atoms. The zero-order valence-corrected chi connectivity index (χ0v) is 36.1. The summed E-state index contributed by atoms with van der Waals surface area (Å²) in [6.07, 6.45) is -1.07. The van der Waals surface area contributed by atoms with Gasteiger partial charge in [0.05, 0.1) is 146 Å². The fourth-order valence-corrected chi connectivity index (χ4v) is 4.60. The van der Waals surface area contributed by atoms with E-state index in [4.69, 9.17) is 61.9 Å². The third kappa shape index (κ3) is 29.4. The Morgan fingerprint density at radius 2 is 0.509 bits per heavy atom. The summed E-state index contributed by atoms with van der Waals surface area (Å²) in [5.74, 6) is 0.834. The number of benzene rings is 1. The standard InChI is InChI=1S/C42H78O13/c1-30(18-43)44-19-31(2)45-20-32(3)46-21-33(4)47-22-34(5)48-23-35(6)49-24-36(7)50-25-37(8)51-26-38(9)52-27-39(10)53-28-40(11)54-29-41(12)55-42-16-14-13-15-17-42/h13-17,30-41,43H,18-29H2,1-12H3. The summed E-state index contributed by atoms with van der Waals surface area (Å²) < 4.78 is 70.5. The summed E-state index contributed by atoms with van der Waals surface area (Å²) in [6.45, 7) is 28.6. The smallest absolute Gasteiger partial charge is 0.119 e. The minimum atomic E-state index is -0.197. The summed E-state index contributed by atoms with van der Waals surface area (Å²) in [5.41, 5.74) is 0. The lowest BCUT2D eigenvalue weighted by molar-refractivity contribution is -0.113. The van der Waals surface area contributed by atoms with Gasteiger partial charge in [-0.15, -0.1) is 0 Å². The Kier molecular flexibility index (Phi) is 29.5. The number of aliphatic hydroxyl groups excluding tert-OH is 1. The molecule has 0 aliphatic carbocycles. The van der Waals surface area contributed by atoms with Crippen LogP contribution < -0.4 is 4.74 Å². The second-order valence-corrected chi connectivity index (χ2v) is 15.0. The van der Waals surface area contributed by atoms with Crippen LogP contribution in [0.5, 0.6) is 5.75 Å². The summed E-state index contributed by atoms with van der Waals surface area (Å²) in [5, 5.41) is 9.05. The molecule has 0 bridgehead atoms. The summed E-state index contributed by atoms with van der Waals surface area (Å²) in [7, 11) is 0. The third-order valence-corrected chi connectivity index (χ3v) is 8.11. The molecule has 324 valence electrons. The van der Waals surface area contributed by atoms with E-state index in [1.807, 2.05) is 113 Å². The van der Waals surface area contributed by atoms with Crippen LogP contribution in [-0.2, 0) is 52.1 Å². The lowest BCUT2D eigenvalue weighted by atomic mass is 10.3. The summed E-state index contributed by atoms with van der Waals surface area (Å²) >= 11 is 0. The Bertz CT molecular complexity index is 1010. The zero-order chi connectivity index (χ0) is 41.0. The van der Waals surface area contributed by atoms with Gasteiger partial charge in [-0.2, -0.15) is 0 Å². The fourth-order valence-electron chi connectivity index (χ4n) is 4.60. The summed E-state index contributed by atoms with van der Waals surface area (Å²) in [6, 6.07) is 9.74. The van der Waals surface area contributed by atoms with Gasteiger partial charge >= 0.3 is 0 Å². The molecule has 1 rings (SSSR count). The van der Waals surface area contributed by atoms with Crippen molar-refractivity contribution in [3.8, 4) is 5.75 Å². The number of para-hydroxylation sites is 1. The van der Waals surface area contributed by atoms with Crippen molar-refractivity contribution < 1.29 is 61.9 Å². The van der Waals surface area contributed by atoms with Crippen LogP contribution in [0.15, 0.2) is 30.3 Å². The lowest BCUT2D eigenvalue weighted by Crippen LogP contribution is -2.31. The largest absolute Gasteiger partial charge is 0.488 e. The van der Waals surface area contributed by atoms with E-state index >= 15 is 0 Å². The van der Waals surface area contributed by atoms with Crippen molar-refractivity contribution in [2.24, 2.45) is 0 Å². The van der Waals surface area contributed by atoms with Gasteiger partial charge in [0, 0.05) is 0 Å². The van der Waals surface area contributed by atoms with Gasteiger partial charge in [-0.25, -0.2) is 0 Å². The average molecular weight is 791 g/mol. The Balaban J connectivity index is 2.06. The maximum Gasteiger partial charge on any atom is 0.119 e. The highest BCUT2D eigenvalue weighted by atomic mass is 16.6. The van der Waals surface area contributed by atoms with Gasteiger partial charge in [-0.1, -0.05) is 18.2 Å². The molecule has 0 fully saturated rings. The van der Waals surface area contributed by atoms with E-state index in [0.717, 1.165) is 5.75 Å². The zero-order valence-electron chi connectivity index (χ0n) is 36.1. The van der Waals surface area contributed by atoms with Gasteiger partial charge in [0.25, 0.3) is 0 Å². The van der Waals surface area contributed by atoms with Crippen LogP contribution in [-0.4, -0.2) is 158 Å². The molecule has 1 N–H and O–H groups in total. The van der Waals surface area contributed by atoms with Crippen molar-refractivity contribution in [1.29, 1.82) is 0 Å². The Morgan fingerprint density at radius 1 is 0.309 bits per heavy atom. The molecular formula is C42H78O13. The first-order valence-corrected chi connectivity index (χ1v) is 20.3. The SMILES string of the molecule is CC(CO)OCC(C)OCC(C)OCC(C)OCC(C)OCC(C)OCC(C)OCC(C)OCC(C)OCC(C)OCC(C)OCC(C)Oc1ccccc1. The van der Waals surface area contributed by atoms with Crippen LogP contribution in [0.4, 0.5) is 0 Å². The van der Waals surface area contributed by atoms with E-state index in [2.05, 4.69) is 0 Å². The molecule has 55 heavy (non-hydrogen) atoms. The Hall–Kier alpha value is -1.46. The highest BCUT2D eigenvalue weighted by Crippen LogP contribution is 2.12. The molecule has 0 aliphatic rings. The predicted octanol–water partition coefficient (Wildman–Crippen LogP) is 5.90. The molecular weight excluding hydrogens is 712 g/mol. The first kappa shape index (κ1) is 51.6. The second kappa shape index (κ2) is 31.5. The van der Waals surface area contributed by atoms with Crippen molar-refractivity contribution in [1.82, 2.24) is 0 Å². The molecule has 12 unspecified atom stereocenters. The van der Waals surface area contributed by atoms with E-state index in [-0.39, 0.29) is 79.9 Å². The van der Waals surface area contributed by atoms with Crippen molar-refractivity contribution >= 4 is 0 Å². The molecule has 0 saturated heterocycles. The van der Waals surface area contributed by atoms with Gasteiger partial charge in [0.2, 0.25) is 0 Å². The van der Waals surface area contributed by atoms with Gasteiger partial charge in [0.1, 0.15) is 11.9 Å². The molecule has 0 saturated carbocycles. The normalized spacial score (nSPS) is 18.7. The van der Waals surface area contributed by atoms with E-state index in [1.54, 1.807) is 0 Å². The number of hydrogen-bond acceptors (Lipinski definition) is 13. The van der Waals surface area contributed by atoms with Crippen LogP contribution >= 0.6 is 0 Å². The number of rotatable bonds is 36. The number of ether oxygens (including phenoxy) is 12. The molecule has 13 nitrogen and oxygen atoms in total. The molecule has 1 aromatic rings. The summed E-state index contributed by atoms with van der Waals surface area (Å²) in [4.78, 5) is 0. The van der Waals surface area contributed by atoms with Crippen LogP contribution in [0.3, 0.4) is 0 Å². The molecule has 1 aromatic carbocycles. The minimum absolute atomic E-state index is 0.00628. The van der Waals surface area contributed by atoms with E-state index < -0.39 is 0 Å². The minimum Gasteiger partial charge on any atom is -0.488 e. The van der Waals surface area contributed by atoms with Gasteiger partial charge in [-0.3, -0.25) is 0 Å². The Morgan fingerprint density at radius 3 is 0.727 bits per heavy atom. The molecule has 0 aliphatic heterocycles. The maximum atomic E-state index is 9.05. The highest BCUT2D eigenvalue weighted by molar-refractivity contribution is 5.21. The molecule has 12 atom stereocenters.